The Morgan fingerprint density at radius 1 is 1.28 bits per heavy atom. The fourth-order valence-corrected chi connectivity index (χ4v) is 5.58. The maximum Gasteiger partial charge on any atom is 0.303 e. The molecule has 3 N–H and O–H groups in total. The average Bonchev–Trinajstić information content (AvgIpc) is 2.68. The predicted molar refractivity (Wildman–Crippen MR) is 116 cm³/mol. The van der Waals surface area contributed by atoms with Crippen LogP contribution in [-0.4, -0.2) is 33.5 Å². The Balaban J connectivity index is 2.03. The third kappa shape index (κ3) is 5.86. The molecule has 0 aromatic carbocycles. The van der Waals surface area contributed by atoms with Crippen LogP contribution in [0.3, 0.4) is 0 Å². The van der Waals surface area contributed by atoms with Gasteiger partial charge in [-0.25, -0.2) is 0 Å². The third-order valence-corrected chi connectivity index (χ3v) is 7.15. The van der Waals surface area contributed by atoms with E-state index in [9.17, 15) is 15.0 Å². The number of unbranched alkanes of at least 4 members (excludes halogenated alkanes) is 4. The Morgan fingerprint density at radius 3 is 2.66 bits per heavy atom. The number of aliphatic hydroxyl groups is 2. The molecule has 4 heteroatoms. The molecule has 0 aromatic heterocycles. The number of allylic oxidation sites excluding steroid dienone is 2. The van der Waals surface area contributed by atoms with Gasteiger partial charge in [0.2, 0.25) is 0 Å². The highest BCUT2D eigenvalue weighted by molar-refractivity contribution is 5.66. The first-order valence-electron chi connectivity index (χ1n) is 11.6. The zero-order chi connectivity index (χ0) is 21.4. The molecule has 0 heterocycles. The molecule has 0 spiro atoms. The van der Waals surface area contributed by atoms with Crippen LogP contribution in [0.5, 0.6) is 0 Å². The quantitative estimate of drug-likeness (QED) is 0.274. The number of fused-ring (bicyclic) bond motifs is 1. The van der Waals surface area contributed by atoms with E-state index in [1.54, 1.807) is 0 Å². The fraction of sp³-hybridized carbons (Fsp3) is 0.800. The number of carboxylic acids is 1. The molecule has 0 saturated heterocycles. The zero-order valence-electron chi connectivity index (χ0n) is 18.5. The second kappa shape index (κ2) is 11.2. The van der Waals surface area contributed by atoms with Crippen molar-refractivity contribution in [1.29, 1.82) is 0 Å². The lowest BCUT2D eigenvalue weighted by Gasteiger charge is -2.62. The standard InChI is InChI=1S/C25H40O4/c1-4-6-7-8-9-11-18(26)14-15-20-22(27)16-17-25(3)21(12-10-13-23(28)29)19(5-2)24(20)25/h12,18-20,22,24,26-27H,4-11,13,16-17H2,1-3H3,(H,28,29)/t18?,19?,20-,22+,24+,25+/m1/s1. The van der Waals surface area contributed by atoms with Gasteiger partial charge in [-0.05, 0) is 55.8 Å². The van der Waals surface area contributed by atoms with Gasteiger partial charge in [0, 0.05) is 6.42 Å². The van der Waals surface area contributed by atoms with Gasteiger partial charge in [-0.1, -0.05) is 69.9 Å². The van der Waals surface area contributed by atoms with Crippen LogP contribution in [0.25, 0.3) is 0 Å². The summed E-state index contributed by atoms with van der Waals surface area (Å²) >= 11 is 0. The summed E-state index contributed by atoms with van der Waals surface area (Å²) < 4.78 is 0. The van der Waals surface area contributed by atoms with E-state index in [0.717, 1.165) is 25.7 Å². The van der Waals surface area contributed by atoms with Crippen LogP contribution < -0.4 is 0 Å². The third-order valence-electron chi connectivity index (χ3n) is 7.15. The summed E-state index contributed by atoms with van der Waals surface area (Å²) in [7, 11) is 0. The average molecular weight is 405 g/mol. The summed E-state index contributed by atoms with van der Waals surface area (Å²) in [6.45, 7) is 6.60. The topological polar surface area (TPSA) is 77.8 Å². The molecule has 0 amide bonds. The van der Waals surface area contributed by atoms with Crippen LogP contribution in [0, 0.1) is 35.0 Å². The number of hydrogen-bond donors (Lipinski definition) is 3. The van der Waals surface area contributed by atoms with E-state index in [0.29, 0.717) is 25.2 Å². The summed E-state index contributed by atoms with van der Waals surface area (Å²) in [6.07, 6.45) is 11.0. The first kappa shape index (κ1) is 24.0. The predicted octanol–water partition coefficient (Wildman–Crippen LogP) is 4.94. The van der Waals surface area contributed by atoms with E-state index in [4.69, 9.17) is 5.11 Å². The van der Waals surface area contributed by atoms with Crippen LogP contribution in [0.1, 0.15) is 91.4 Å². The van der Waals surface area contributed by atoms with Crippen molar-refractivity contribution in [3.63, 3.8) is 0 Å². The van der Waals surface area contributed by atoms with E-state index in [-0.39, 0.29) is 23.7 Å². The van der Waals surface area contributed by atoms with Crippen molar-refractivity contribution >= 4 is 5.97 Å². The molecule has 2 saturated carbocycles. The van der Waals surface area contributed by atoms with Crippen molar-refractivity contribution in [2.45, 2.75) is 104 Å². The number of carbonyl (C=O) groups is 1. The first-order chi connectivity index (χ1) is 13.8. The molecular weight excluding hydrogens is 364 g/mol. The monoisotopic (exact) mass is 404 g/mol. The Hall–Kier alpha value is -1.31. The Kier molecular flexibility index (Phi) is 9.24. The SMILES string of the molecule is CCCCCCCC(O)C#C[C@@H]1[C@@H](O)CC[C@@]2(C)C(=CCCC(=O)O)C(CC)[C@@H]12. The first-order valence-corrected chi connectivity index (χ1v) is 11.6. The van der Waals surface area contributed by atoms with E-state index in [2.05, 4.69) is 38.7 Å². The van der Waals surface area contributed by atoms with Crippen LogP contribution in [0.15, 0.2) is 11.6 Å². The highest BCUT2D eigenvalue weighted by atomic mass is 16.4. The lowest BCUT2D eigenvalue weighted by molar-refractivity contribution is -0.136. The number of hydrogen-bond acceptors (Lipinski definition) is 3. The number of rotatable bonds is 10. The van der Waals surface area contributed by atoms with Crippen molar-refractivity contribution in [3.05, 3.63) is 11.6 Å². The minimum Gasteiger partial charge on any atom is -0.481 e. The second-order valence-electron chi connectivity index (χ2n) is 9.19. The summed E-state index contributed by atoms with van der Waals surface area (Å²) in [5, 5.41) is 29.9. The number of carboxylic acid groups (broad SMARTS) is 1. The van der Waals surface area contributed by atoms with E-state index in [1.807, 2.05) is 0 Å². The molecule has 0 aromatic rings. The molecule has 2 fully saturated rings. The molecule has 2 rings (SSSR count). The van der Waals surface area contributed by atoms with Crippen molar-refractivity contribution in [3.8, 4) is 11.8 Å². The minimum absolute atomic E-state index is 0.00284. The molecule has 0 bridgehead atoms. The van der Waals surface area contributed by atoms with Crippen molar-refractivity contribution < 1.29 is 20.1 Å². The maximum absolute atomic E-state index is 10.9. The summed E-state index contributed by atoms with van der Waals surface area (Å²) in [4.78, 5) is 10.9. The molecular formula is C25H40O4. The molecule has 0 aliphatic heterocycles. The molecule has 4 nitrogen and oxygen atoms in total. The Bertz CT molecular complexity index is 628. The van der Waals surface area contributed by atoms with Gasteiger partial charge in [0.15, 0.2) is 0 Å². The van der Waals surface area contributed by atoms with E-state index in [1.165, 1.54) is 24.8 Å². The largest absolute Gasteiger partial charge is 0.481 e. The molecule has 2 unspecified atom stereocenters. The smallest absolute Gasteiger partial charge is 0.303 e. The second-order valence-corrected chi connectivity index (χ2v) is 9.19. The molecule has 2 aliphatic carbocycles. The molecule has 2 aliphatic rings. The molecule has 6 atom stereocenters. The van der Waals surface area contributed by atoms with Gasteiger partial charge >= 0.3 is 5.97 Å². The zero-order valence-corrected chi connectivity index (χ0v) is 18.5. The molecule has 0 radical (unpaired) electrons. The lowest BCUT2D eigenvalue weighted by atomic mass is 9.42. The van der Waals surface area contributed by atoms with Crippen molar-refractivity contribution in [2.75, 3.05) is 0 Å². The normalized spacial score (nSPS) is 33.3. The molecule has 29 heavy (non-hydrogen) atoms. The highest BCUT2D eigenvalue weighted by Crippen LogP contribution is 2.65. The van der Waals surface area contributed by atoms with Crippen molar-refractivity contribution in [1.82, 2.24) is 0 Å². The van der Waals surface area contributed by atoms with Gasteiger partial charge in [-0.3, -0.25) is 4.79 Å². The van der Waals surface area contributed by atoms with Crippen LogP contribution in [0.2, 0.25) is 0 Å². The van der Waals surface area contributed by atoms with Crippen LogP contribution in [0.4, 0.5) is 0 Å². The van der Waals surface area contributed by atoms with Crippen molar-refractivity contribution in [2.24, 2.45) is 23.2 Å². The highest BCUT2D eigenvalue weighted by Gasteiger charge is 2.59. The van der Waals surface area contributed by atoms with E-state index >= 15 is 0 Å². The van der Waals surface area contributed by atoms with Gasteiger partial charge in [0.05, 0.1) is 12.0 Å². The van der Waals surface area contributed by atoms with Gasteiger partial charge in [-0.15, -0.1) is 0 Å². The maximum atomic E-state index is 10.9. The number of aliphatic carboxylic acids is 1. The molecule has 164 valence electrons. The van der Waals surface area contributed by atoms with Gasteiger partial charge in [0.25, 0.3) is 0 Å². The summed E-state index contributed by atoms with van der Waals surface area (Å²) in [6, 6.07) is 0. The fourth-order valence-electron chi connectivity index (χ4n) is 5.58. The van der Waals surface area contributed by atoms with Gasteiger partial charge in [-0.2, -0.15) is 0 Å². The lowest BCUT2D eigenvalue weighted by Crippen LogP contribution is -2.57. The number of aliphatic hydroxyl groups excluding tert-OH is 2. The van der Waals surface area contributed by atoms with Crippen LogP contribution in [-0.2, 0) is 4.79 Å². The van der Waals surface area contributed by atoms with Gasteiger partial charge in [0.1, 0.15) is 6.10 Å². The Morgan fingerprint density at radius 2 is 2.00 bits per heavy atom. The summed E-state index contributed by atoms with van der Waals surface area (Å²) in [5.74, 6) is 6.09. The summed E-state index contributed by atoms with van der Waals surface area (Å²) in [5.41, 5.74) is 1.37. The minimum atomic E-state index is -0.762. The van der Waals surface area contributed by atoms with Crippen LogP contribution >= 0.6 is 0 Å². The van der Waals surface area contributed by atoms with Gasteiger partial charge < -0.3 is 15.3 Å². The Labute approximate surface area is 176 Å². The van der Waals surface area contributed by atoms with E-state index < -0.39 is 18.2 Å².